The van der Waals surface area contributed by atoms with Gasteiger partial charge in [-0.3, -0.25) is 4.79 Å². The lowest BCUT2D eigenvalue weighted by Crippen LogP contribution is -2.38. The van der Waals surface area contributed by atoms with Gasteiger partial charge in [0.2, 0.25) is 6.41 Å². The molecule has 3 atom stereocenters. The van der Waals surface area contributed by atoms with Gasteiger partial charge in [-0.05, 0) is 5.92 Å². The van der Waals surface area contributed by atoms with Crippen molar-refractivity contribution in [1.29, 1.82) is 0 Å². The summed E-state index contributed by atoms with van der Waals surface area (Å²) in [6.07, 6.45) is -0.256. The van der Waals surface area contributed by atoms with Crippen LogP contribution in [-0.2, 0) is 9.53 Å². The van der Waals surface area contributed by atoms with Gasteiger partial charge < -0.3 is 15.2 Å². The molecule has 0 spiro atoms. The molecule has 64 valence electrons. The summed E-state index contributed by atoms with van der Waals surface area (Å²) < 4.78 is 4.83. The van der Waals surface area contributed by atoms with E-state index in [0.29, 0.717) is 6.41 Å². The smallest absolute Gasteiger partial charge is 0.207 e. The van der Waals surface area contributed by atoms with Crippen molar-refractivity contribution in [2.24, 2.45) is 5.92 Å². The van der Waals surface area contributed by atoms with E-state index >= 15 is 0 Å². The number of carbonyl (C=O) groups excluding carboxylic acids is 1. The van der Waals surface area contributed by atoms with Gasteiger partial charge >= 0.3 is 0 Å². The maximum absolute atomic E-state index is 10.1. The molecule has 1 aliphatic rings. The Kier molecular flexibility index (Phi) is 2.46. The average molecular weight is 159 g/mol. The van der Waals surface area contributed by atoms with Crippen LogP contribution in [0.25, 0.3) is 0 Å². The Morgan fingerprint density at radius 2 is 2.18 bits per heavy atom. The number of ether oxygens (including phenoxy) is 1. The summed E-state index contributed by atoms with van der Waals surface area (Å²) in [4.78, 5) is 10.1. The Bertz CT molecular complexity index is 149. The standard InChI is InChI=1S/C7H13NO3/c1-4(2)5(8-3-9)6-7(10)11-6/h3-7,10H,1-2H3,(H,8,9). The fourth-order valence-corrected chi connectivity index (χ4v) is 1.12. The van der Waals surface area contributed by atoms with E-state index in [0.717, 1.165) is 0 Å². The van der Waals surface area contributed by atoms with Crippen molar-refractivity contribution >= 4 is 6.41 Å². The number of amides is 1. The Balaban J connectivity index is 2.39. The highest BCUT2D eigenvalue weighted by Gasteiger charge is 2.44. The van der Waals surface area contributed by atoms with E-state index in [9.17, 15) is 4.79 Å². The molecule has 4 nitrogen and oxygen atoms in total. The quantitative estimate of drug-likeness (QED) is 0.428. The maximum Gasteiger partial charge on any atom is 0.207 e. The third-order valence-corrected chi connectivity index (χ3v) is 1.83. The lowest BCUT2D eigenvalue weighted by molar-refractivity contribution is -0.110. The van der Waals surface area contributed by atoms with Crippen LogP contribution in [0.5, 0.6) is 0 Å². The largest absolute Gasteiger partial charge is 0.366 e. The number of carbonyl (C=O) groups is 1. The molecule has 0 aromatic carbocycles. The van der Waals surface area contributed by atoms with Crippen molar-refractivity contribution < 1.29 is 14.6 Å². The first-order valence-electron chi connectivity index (χ1n) is 3.70. The molecule has 4 heteroatoms. The average Bonchev–Trinajstić information content (AvgIpc) is 2.61. The van der Waals surface area contributed by atoms with E-state index in [1.165, 1.54) is 0 Å². The summed E-state index contributed by atoms with van der Waals surface area (Å²) >= 11 is 0. The number of epoxide rings is 1. The Morgan fingerprint density at radius 1 is 1.64 bits per heavy atom. The Hall–Kier alpha value is -0.610. The van der Waals surface area contributed by atoms with Crippen molar-refractivity contribution in [2.75, 3.05) is 0 Å². The minimum absolute atomic E-state index is 0.0671. The first kappa shape index (κ1) is 8.49. The van der Waals surface area contributed by atoms with Crippen molar-refractivity contribution in [2.45, 2.75) is 32.3 Å². The molecule has 1 amide bonds. The molecule has 1 heterocycles. The van der Waals surface area contributed by atoms with Crippen molar-refractivity contribution in [3.8, 4) is 0 Å². The molecule has 1 aliphatic heterocycles. The molecule has 0 saturated carbocycles. The minimum Gasteiger partial charge on any atom is -0.366 e. The molecule has 11 heavy (non-hydrogen) atoms. The molecule has 0 radical (unpaired) electrons. The molecular formula is C7H13NO3. The van der Waals surface area contributed by atoms with Crippen LogP contribution in [0.15, 0.2) is 0 Å². The fraction of sp³-hybridized carbons (Fsp3) is 0.857. The zero-order valence-corrected chi connectivity index (χ0v) is 6.65. The van der Waals surface area contributed by atoms with Gasteiger partial charge in [-0.15, -0.1) is 0 Å². The monoisotopic (exact) mass is 159 g/mol. The molecule has 1 fully saturated rings. The third kappa shape index (κ3) is 1.91. The van der Waals surface area contributed by atoms with Gasteiger partial charge in [-0.1, -0.05) is 13.8 Å². The molecule has 0 aliphatic carbocycles. The second-order valence-electron chi connectivity index (χ2n) is 3.05. The molecule has 1 saturated heterocycles. The van der Waals surface area contributed by atoms with Crippen molar-refractivity contribution in [3.05, 3.63) is 0 Å². The highest BCUT2D eigenvalue weighted by atomic mass is 16.7. The topological polar surface area (TPSA) is 61.9 Å². The van der Waals surface area contributed by atoms with E-state index in [1.54, 1.807) is 0 Å². The van der Waals surface area contributed by atoms with Gasteiger partial charge in [0.1, 0.15) is 6.10 Å². The molecule has 2 N–H and O–H groups in total. The maximum atomic E-state index is 10.1. The summed E-state index contributed by atoms with van der Waals surface area (Å²) in [7, 11) is 0. The van der Waals surface area contributed by atoms with Crippen LogP contribution in [0.1, 0.15) is 13.8 Å². The molecule has 0 aromatic rings. The van der Waals surface area contributed by atoms with E-state index in [-0.39, 0.29) is 18.1 Å². The summed E-state index contributed by atoms with van der Waals surface area (Å²) in [5.74, 6) is 0.280. The second kappa shape index (κ2) is 3.19. The molecule has 0 aromatic heterocycles. The Morgan fingerprint density at radius 3 is 2.45 bits per heavy atom. The van der Waals surface area contributed by atoms with Gasteiger partial charge in [0.15, 0.2) is 6.29 Å². The molecule has 1 rings (SSSR count). The molecule has 0 bridgehead atoms. The number of hydrogen-bond donors (Lipinski definition) is 2. The second-order valence-corrected chi connectivity index (χ2v) is 3.05. The van der Waals surface area contributed by atoms with Crippen LogP contribution in [0, 0.1) is 5.92 Å². The fourth-order valence-electron chi connectivity index (χ4n) is 1.12. The van der Waals surface area contributed by atoms with Gasteiger partial charge in [0, 0.05) is 0 Å². The number of rotatable bonds is 4. The van der Waals surface area contributed by atoms with E-state index in [1.807, 2.05) is 13.8 Å². The van der Waals surface area contributed by atoms with Crippen molar-refractivity contribution in [1.82, 2.24) is 5.32 Å². The van der Waals surface area contributed by atoms with Gasteiger partial charge in [-0.25, -0.2) is 0 Å². The van der Waals surface area contributed by atoms with Gasteiger partial charge in [-0.2, -0.15) is 0 Å². The van der Waals surface area contributed by atoms with Crippen LogP contribution in [-0.4, -0.2) is 30.0 Å². The third-order valence-electron chi connectivity index (χ3n) is 1.83. The van der Waals surface area contributed by atoms with E-state index in [4.69, 9.17) is 9.84 Å². The summed E-state index contributed by atoms with van der Waals surface area (Å²) in [5.41, 5.74) is 0. The minimum atomic E-state index is -0.685. The summed E-state index contributed by atoms with van der Waals surface area (Å²) in [5, 5.41) is 11.5. The van der Waals surface area contributed by atoms with Crippen molar-refractivity contribution in [3.63, 3.8) is 0 Å². The lowest BCUT2D eigenvalue weighted by Gasteiger charge is -2.16. The Labute approximate surface area is 65.5 Å². The first-order chi connectivity index (χ1) is 5.16. The highest BCUT2D eigenvalue weighted by Crippen LogP contribution is 2.26. The summed E-state index contributed by atoms with van der Waals surface area (Å²) in [6, 6.07) is -0.0671. The predicted molar refractivity (Wildman–Crippen MR) is 38.7 cm³/mol. The van der Waals surface area contributed by atoms with Gasteiger partial charge in [0.05, 0.1) is 6.04 Å². The molecule has 3 unspecified atom stereocenters. The van der Waals surface area contributed by atoms with Crippen LogP contribution in [0.3, 0.4) is 0 Å². The SMILES string of the molecule is CC(C)C(NC=O)C1OC1O. The zero-order chi connectivity index (χ0) is 8.43. The zero-order valence-electron chi connectivity index (χ0n) is 6.65. The number of aliphatic hydroxyl groups excluding tert-OH is 1. The van der Waals surface area contributed by atoms with Crippen LogP contribution < -0.4 is 5.32 Å². The highest BCUT2D eigenvalue weighted by molar-refractivity contribution is 5.47. The van der Waals surface area contributed by atoms with E-state index < -0.39 is 6.29 Å². The first-order valence-corrected chi connectivity index (χ1v) is 3.70. The number of aliphatic hydroxyl groups is 1. The van der Waals surface area contributed by atoms with Crippen LogP contribution in [0.2, 0.25) is 0 Å². The van der Waals surface area contributed by atoms with E-state index in [2.05, 4.69) is 5.32 Å². The van der Waals surface area contributed by atoms with Crippen LogP contribution >= 0.6 is 0 Å². The number of nitrogens with one attached hydrogen (secondary N) is 1. The number of hydrogen-bond acceptors (Lipinski definition) is 3. The summed E-state index contributed by atoms with van der Waals surface area (Å²) in [6.45, 7) is 3.94. The van der Waals surface area contributed by atoms with Crippen LogP contribution in [0.4, 0.5) is 0 Å². The molecular weight excluding hydrogens is 146 g/mol. The lowest BCUT2D eigenvalue weighted by atomic mass is 10.0. The van der Waals surface area contributed by atoms with Gasteiger partial charge in [0.25, 0.3) is 0 Å². The normalized spacial score (nSPS) is 31.6. The predicted octanol–water partition coefficient (Wildman–Crippen LogP) is -0.526.